The fraction of sp³-hybridized carbons (Fsp3) is 0. The molecule has 8 aliphatic rings. The van der Waals surface area contributed by atoms with E-state index >= 15 is 0 Å². The summed E-state index contributed by atoms with van der Waals surface area (Å²) in [7, 11) is 0. The first-order valence-electron chi connectivity index (χ1n) is 12.0. The third kappa shape index (κ3) is 3.68. The van der Waals surface area contributed by atoms with Gasteiger partial charge in [0.1, 0.15) is 0 Å². The Kier molecular flexibility index (Phi) is 4.78. The van der Waals surface area contributed by atoms with Crippen molar-refractivity contribution < 1.29 is 0 Å². The van der Waals surface area contributed by atoms with E-state index in [0.717, 1.165) is 45.0 Å². The molecule has 8 aliphatic heterocycles. The number of nitrogens with zero attached hydrogens (tertiary/aromatic N) is 3. The highest BCUT2D eigenvalue weighted by Gasteiger charge is 2.09. The third-order valence-electron chi connectivity index (χ3n) is 6.79. The van der Waals surface area contributed by atoms with Crippen LogP contribution in [0.25, 0.3) is 67.3 Å². The van der Waals surface area contributed by atoms with Gasteiger partial charge in [0.25, 0.3) is 0 Å². The molecule has 14 rings (SSSR count). The lowest BCUT2D eigenvalue weighted by Crippen LogP contribution is -1.92. The summed E-state index contributed by atoms with van der Waals surface area (Å²) in [5.41, 5.74) is 12.6. The molecule has 0 unspecified atom stereocenters. The van der Waals surface area contributed by atoms with Crippen LogP contribution in [-0.4, -0.2) is 15.0 Å². The topological polar surface area (TPSA) is 38.7 Å². The molecule has 0 amide bonds. The number of rotatable bonds is 0. The van der Waals surface area contributed by atoms with Gasteiger partial charge in [0.15, 0.2) is 0 Å². The maximum absolute atomic E-state index is 4.85. The van der Waals surface area contributed by atoms with Gasteiger partial charge in [-0.2, -0.15) is 0 Å². The van der Waals surface area contributed by atoms with Crippen LogP contribution in [-0.2, 0) is 0 Å². The van der Waals surface area contributed by atoms with Gasteiger partial charge in [-0.1, -0.05) is 91.0 Å². The average molecular weight is 460 g/mol. The van der Waals surface area contributed by atoms with Crippen molar-refractivity contribution in [2.75, 3.05) is 0 Å². The molecule has 12 bridgehead atoms. The van der Waals surface area contributed by atoms with Gasteiger partial charge in [-0.3, -0.25) is 9.97 Å². The fourth-order valence-corrected chi connectivity index (χ4v) is 4.72. The zero-order valence-electron chi connectivity index (χ0n) is 19.5. The maximum Gasteiger partial charge on any atom is 0.0894 e. The van der Waals surface area contributed by atoms with E-state index in [1.807, 2.05) is 42.7 Å². The molecule has 0 N–H and O–H groups in total. The van der Waals surface area contributed by atoms with Gasteiger partial charge in [0, 0.05) is 23.5 Å². The molecule has 3 aromatic heterocycles. The van der Waals surface area contributed by atoms with E-state index in [4.69, 9.17) is 15.0 Å². The first-order chi connectivity index (χ1) is 17.8. The number of fused-ring (bicyclic) bond motifs is 1. The second-order valence-corrected chi connectivity index (χ2v) is 9.00. The van der Waals surface area contributed by atoms with Crippen LogP contribution in [0.4, 0.5) is 0 Å². The van der Waals surface area contributed by atoms with Gasteiger partial charge >= 0.3 is 0 Å². The summed E-state index contributed by atoms with van der Waals surface area (Å²) in [5.74, 6) is 0. The molecular weight excluding hydrogens is 438 g/mol. The molecule has 6 aromatic rings. The van der Waals surface area contributed by atoms with Gasteiger partial charge < -0.3 is 0 Å². The molecule has 11 heterocycles. The van der Waals surface area contributed by atoms with E-state index in [1.54, 1.807) is 0 Å². The first kappa shape index (κ1) is 20.5. The maximum atomic E-state index is 4.85. The summed E-state index contributed by atoms with van der Waals surface area (Å²) < 4.78 is 0. The Morgan fingerprint density at radius 2 is 0.583 bits per heavy atom. The standard InChI is InChI=1S/C33H21N3/c1-2-32-30-18-16-28(20-34-30)26-12-8-24(9-13-26)22-4-6-23(7-5-22)25-10-14-27(15-11-25)29-17-19-31(35-21-29)33(3-1)36-32/h1-21H. The number of hydrogen-bond donors (Lipinski definition) is 0. The summed E-state index contributed by atoms with van der Waals surface area (Å²) in [5, 5.41) is 0. The number of benzene rings is 3. The largest absolute Gasteiger partial charge is 0.254 e. The molecule has 0 aliphatic carbocycles. The molecule has 3 aromatic carbocycles. The van der Waals surface area contributed by atoms with Gasteiger partial charge in [-0.05, 0) is 57.6 Å². The van der Waals surface area contributed by atoms with Crippen LogP contribution in [0.5, 0.6) is 0 Å². The highest BCUT2D eigenvalue weighted by atomic mass is 14.8. The molecule has 36 heavy (non-hydrogen) atoms. The van der Waals surface area contributed by atoms with Crippen molar-refractivity contribution in [3.8, 4) is 67.3 Å². The quantitative estimate of drug-likeness (QED) is 0.229. The molecule has 168 valence electrons. The summed E-state index contributed by atoms with van der Waals surface area (Å²) in [6.07, 6.45) is 3.83. The molecule has 0 atom stereocenters. The van der Waals surface area contributed by atoms with Crippen molar-refractivity contribution in [3.63, 3.8) is 0 Å². The van der Waals surface area contributed by atoms with Crippen molar-refractivity contribution >= 4 is 0 Å². The first-order valence-corrected chi connectivity index (χ1v) is 12.0. The number of hydrogen-bond acceptors (Lipinski definition) is 3. The molecule has 0 radical (unpaired) electrons. The minimum atomic E-state index is 0.831. The SMILES string of the molecule is c1cc2nc(c1)-c1ccc(cn1)-c1ccc(cc1)-c1ccc(cc1)-c1ccc(cc1)-c1ccc-2nc1. The molecule has 0 fully saturated rings. The van der Waals surface area contributed by atoms with Gasteiger partial charge in [-0.15, -0.1) is 0 Å². The van der Waals surface area contributed by atoms with Crippen LogP contribution < -0.4 is 0 Å². The van der Waals surface area contributed by atoms with Gasteiger partial charge in [0.2, 0.25) is 0 Å². The fourth-order valence-electron chi connectivity index (χ4n) is 4.72. The lowest BCUT2D eigenvalue weighted by molar-refractivity contribution is 1.22. The van der Waals surface area contributed by atoms with Crippen molar-refractivity contribution in [2.24, 2.45) is 0 Å². The van der Waals surface area contributed by atoms with Crippen molar-refractivity contribution in [3.05, 3.63) is 128 Å². The van der Waals surface area contributed by atoms with Crippen molar-refractivity contribution in [1.29, 1.82) is 0 Å². The average Bonchev–Trinajstić information content (AvgIpc) is 2.97. The van der Waals surface area contributed by atoms with Crippen LogP contribution in [0.1, 0.15) is 0 Å². The molecular formula is C33H21N3. The number of aromatic nitrogens is 3. The van der Waals surface area contributed by atoms with Gasteiger partial charge in [-0.25, -0.2) is 4.98 Å². The Labute approximate surface area is 209 Å². The second-order valence-electron chi connectivity index (χ2n) is 9.00. The van der Waals surface area contributed by atoms with E-state index in [9.17, 15) is 0 Å². The molecule has 3 nitrogen and oxygen atoms in total. The molecule has 0 saturated carbocycles. The van der Waals surface area contributed by atoms with E-state index in [2.05, 4.69) is 84.9 Å². The second kappa shape index (κ2) is 8.40. The van der Waals surface area contributed by atoms with Crippen LogP contribution in [0.2, 0.25) is 0 Å². The van der Waals surface area contributed by atoms with Crippen LogP contribution in [0, 0.1) is 0 Å². The minimum absolute atomic E-state index is 0.831. The van der Waals surface area contributed by atoms with Gasteiger partial charge in [0.05, 0.1) is 22.8 Å². The van der Waals surface area contributed by atoms with E-state index in [1.165, 1.54) is 22.3 Å². The van der Waals surface area contributed by atoms with Crippen LogP contribution in [0.3, 0.4) is 0 Å². The van der Waals surface area contributed by atoms with E-state index < -0.39 is 0 Å². The predicted octanol–water partition coefficient (Wildman–Crippen LogP) is 8.19. The predicted molar refractivity (Wildman–Crippen MR) is 146 cm³/mol. The Bertz CT molecular complexity index is 1540. The number of pyridine rings is 3. The van der Waals surface area contributed by atoms with Crippen molar-refractivity contribution in [1.82, 2.24) is 15.0 Å². The summed E-state index contributed by atoms with van der Waals surface area (Å²) in [6, 6.07) is 40.3. The Morgan fingerprint density at radius 3 is 0.889 bits per heavy atom. The monoisotopic (exact) mass is 459 g/mol. The summed E-state index contributed by atoms with van der Waals surface area (Å²) >= 11 is 0. The highest BCUT2D eigenvalue weighted by molar-refractivity contribution is 5.75. The van der Waals surface area contributed by atoms with E-state index in [-0.39, 0.29) is 0 Å². The minimum Gasteiger partial charge on any atom is -0.254 e. The summed E-state index contributed by atoms with van der Waals surface area (Å²) in [6.45, 7) is 0. The van der Waals surface area contributed by atoms with Crippen LogP contribution >= 0.6 is 0 Å². The Morgan fingerprint density at radius 1 is 0.278 bits per heavy atom. The van der Waals surface area contributed by atoms with E-state index in [0.29, 0.717) is 0 Å². The lowest BCUT2D eigenvalue weighted by atomic mass is 9.97. The van der Waals surface area contributed by atoms with Crippen molar-refractivity contribution in [2.45, 2.75) is 0 Å². The van der Waals surface area contributed by atoms with Crippen LogP contribution in [0.15, 0.2) is 128 Å². The molecule has 0 spiro atoms. The smallest absolute Gasteiger partial charge is 0.0894 e. The Hall–Kier alpha value is -4.89. The Balaban J connectivity index is 1.38. The normalized spacial score (nSPS) is 11.3. The zero-order valence-corrected chi connectivity index (χ0v) is 19.5. The molecule has 0 saturated heterocycles. The summed E-state index contributed by atoms with van der Waals surface area (Å²) in [4.78, 5) is 14.3. The molecule has 3 heteroatoms. The zero-order chi connectivity index (χ0) is 23.9. The lowest BCUT2D eigenvalue weighted by Gasteiger charge is -2.08. The highest BCUT2D eigenvalue weighted by Crippen LogP contribution is 2.30. The third-order valence-corrected chi connectivity index (χ3v) is 6.79.